The summed E-state index contributed by atoms with van der Waals surface area (Å²) in [5.41, 5.74) is 1.51. The first-order valence-corrected chi connectivity index (χ1v) is 12.1. The number of hydrogen-bond acceptors (Lipinski definition) is 5. The topological polar surface area (TPSA) is 84.9 Å². The first-order chi connectivity index (χ1) is 14.7. The molecule has 0 spiro atoms. The molecule has 2 aromatic rings. The second-order valence-corrected chi connectivity index (χ2v) is 9.55. The van der Waals surface area contributed by atoms with Crippen LogP contribution in [0, 0.1) is 0 Å². The number of amides is 1. The van der Waals surface area contributed by atoms with Gasteiger partial charge in [-0.25, -0.2) is 8.42 Å². The molecule has 2 aromatic carbocycles. The first-order valence-electron chi connectivity index (χ1n) is 10.3. The summed E-state index contributed by atoms with van der Waals surface area (Å²) in [5, 5.41) is 2.95. The molecule has 31 heavy (non-hydrogen) atoms. The van der Waals surface area contributed by atoms with E-state index in [1.807, 2.05) is 19.9 Å². The van der Waals surface area contributed by atoms with Crippen LogP contribution in [-0.4, -0.2) is 44.4 Å². The van der Waals surface area contributed by atoms with E-state index in [-0.39, 0.29) is 21.6 Å². The van der Waals surface area contributed by atoms with Gasteiger partial charge in [0.15, 0.2) is 0 Å². The summed E-state index contributed by atoms with van der Waals surface area (Å²) in [6, 6.07) is 7.72. The van der Waals surface area contributed by atoms with Crippen LogP contribution in [0.25, 0.3) is 0 Å². The van der Waals surface area contributed by atoms with Crippen LogP contribution in [0.5, 0.6) is 11.5 Å². The van der Waals surface area contributed by atoms with Crippen molar-refractivity contribution in [2.45, 2.75) is 45.1 Å². The summed E-state index contributed by atoms with van der Waals surface area (Å²) < 4.78 is 38.5. The number of carbonyl (C=O) groups excluding carboxylic acids is 1. The minimum atomic E-state index is -3.73. The van der Waals surface area contributed by atoms with E-state index < -0.39 is 15.9 Å². The summed E-state index contributed by atoms with van der Waals surface area (Å²) in [5.74, 6) is 0.680. The van der Waals surface area contributed by atoms with Crippen molar-refractivity contribution in [2.24, 2.45) is 0 Å². The van der Waals surface area contributed by atoms with E-state index in [9.17, 15) is 13.2 Å². The Balaban J connectivity index is 1.95. The van der Waals surface area contributed by atoms with Gasteiger partial charge in [0.2, 0.25) is 10.0 Å². The quantitative estimate of drug-likeness (QED) is 0.625. The molecule has 1 heterocycles. The lowest BCUT2D eigenvalue weighted by atomic mass is 10.1. The monoisotopic (exact) mass is 466 g/mol. The zero-order valence-corrected chi connectivity index (χ0v) is 19.6. The number of halogens is 1. The lowest BCUT2D eigenvalue weighted by Crippen LogP contribution is -2.30. The van der Waals surface area contributed by atoms with Crippen LogP contribution in [-0.2, 0) is 16.4 Å². The second-order valence-electron chi connectivity index (χ2n) is 7.21. The van der Waals surface area contributed by atoms with Gasteiger partial charge in [-0.1, -0.05) is 25.4 Å². The molecule has 168 valence electrons. The van der Waals surface area contributed by atoms with Crippen molar-refractivity contribution in [1.82, 2.24) is 4.31 Å². The molecule has 0 aromatic heterocycles. The Morgan fingerprint density at radius 3 is 2.58 bits per heavy atom. The normalized spacial score (nSPS) is 15.5. The predicted octanol–water partition coefficient (Wildman–Crippen LogP) is 4.34. The van der Waals surface area contributed by atoms with Crippen molar-refractivity contribution < 1.29 is 22.7 Å². The molecule has 1 aliphatic rings. The molecule has 7 nitrogen and oxygen atoms in total. The standard InChI is InChI=1S/C22H27ClN2O5S/c1-5-25(6-2)31(27,28)16-8-9-18(23)17(12-16)22(26)24-19-13-20-15(10-14(4)30-20)11-21(19)29-7-3/h8-9,11-14H,5-7,10H2,1-4H3,(H,24,26). The van der Waals surface area contributed by atoms with E-state index in [4.69, 9.17) is 21.1 Å². The summed E-state index contributed by atoms with van der Waals surface area (Å²) in [7, 11) is -3.73. The average Bonchev–Trinajstić information content (AvgIpc) is 3.08. The predicted molar refractivity (Wildman–Crippen MR) is 121 cm³/mol. The van der Waals surface area contributed by atoms with Crippen molar-refractivity contribution in [1.29, 1.82) is 0 Å². The number of anilines is 1. The van der Waals surface area contributed by atoms with Gasteiger partial charge in [-0.05, 0) is 38.1 Å². The Morgan fingerprint density at radius 1 is 1.23 bits per heavy atom. The second kappa shape index (κ2) is 9.46. The molecule has 1 amide bonds. The number of fused-ring (bicyclic) bond motifs is 1. The molecule has 1 atom stereocenters. The van der Waals surface area contributed by atoms with Crippen LogP contribution in [0.15, 0.2) is 35.2 Å². The van der Waals surface area contributed by atoms with Crippen LogP contribution in [0.4, 0.5) is 5.69 Å². The Hall–Kier alpha value is -2.29. The van der Waals surface area contributed by atoms with Crippen LogP contribution in [0.2, 0.25) is 5.02 Å². The number of hydrogen-bond donors (Lipinski definition) is 1. The third kappa shape index (κ3) is 4.81. The Kier molecular flexibility index (Phi) is 7.13. The van der Waals surface area contributed by atoms with Gasteiger partial charge in [-0.3, -0.25) is 4.79 Å². The lowest BCUT2D eigenvalue weighted by molar-refractivity contribution is 0.102. The fourth-order valence-electron chi connectivity index (χ4n) is 3.55. The highest BCUT2D eigenvalue weighted by atomic mass is 35.5. The van der Waals surface area contributed by atoms with Gasteiger partial charge in [0.1, 0.15) is 17.6 Å². The van der Waals surface area contributed by atoms with Gasteiger partial charge in [0.25, 0.3) is 5.91 Å². The van der Waals surface area contributed by atoms with E-state index in [1.54, 1.807) is 19.9 Å². The molecular formula is C22H27ClN2O5S. The average molecular weight is 467 g/mol. The molecule has 0 saturated heterocycles. The Bertz CT molecular complexity index is 1080. The molecular weight excluding hydrogens is 440 g/mol. The van der Waals surface area contributed by atoms with Gasteiger partial charge < -0.3 is 14.8 Å². The van der Waals surface area contributed by atoms with Crippen LogP contribution < -0.4 is 14.8 Å². The third-order valence-corrected chi connectivity index (χ3v) is 7.45. The minimum absolute atomic E-state index is 0.0156. The summed E-state index contributed by atoms with van der Waals surface area (Å²) >= 11 is 6.24. The van der Waals surface area contributed by atoms with Gasteiger partial charge in [0, 0.05) is 31.1 Å². The van der Waals surface area contributed by atoms with Gasteiger partial charge in [-0.2, -0.15) is 4.31 Å². The largest absolute Gasteiger partial charge is 0.492 e. The van der Waals surface area contributed by atoms with E-state index >= 15 is 0 Å². The number of benzene rings is 2. The van der Waals surface area contributed by atoms with Crippen LogP contribution in [0.3, 0.4) is 0 Å². The van der Waals surface area contributed by atoms with Crippen molar-refractivity contribution in [3.8, 4) is 11.5 Å². The molecule has 0 bridgehead atoms. The first kappa shape index (κ1) is 23.4. The van der Waals surface area contributed by atoms with E-state index in [1.165, 1.54) is 22.5 Å². The maximum absolute atomic E-state index is 13.0. The highest BCUT2D eigenvalue weighted by Gasteiger charge is 2.26. The molecule has 1 N–H and O–H groups in total. The van der Waals surface area contributed by atoms with E-state index in [0.717, 1.165) is 12.0 Å². The van der Waals surface area contributed by atoms with E-state index in [2.05, 4.69) is 5.32 Å². The van der Waals surface area contributed by atoms with Crippen LogP contribution in [0.1, 0.15) is 43.6 Å². The SMILES string of the molecule is CCOc1cc2c(cc1NC(=O)c1cc(S(=O)(=O)N(CC)CC)ccc1Cl)OC(C)C2. The fourth-order valence-corrected chi connectivity index (χ4v) is 5.24. The van der Waals surface area contributed by atoms with Gasteiger partial charge in [0.05, 0.1) is 27.8 Å². The fraction of sp³-hybridized carbons (Fsp3) is 0.409. The number of rotatable bonds is 8. The van der Waals surface area contributed by atoms with Crippen LogP contribution >= 0.6 is 11.6 Å². The van der Waals surface area contributed by atoms with Crippen molar-refractivity contribution >= 4 is 33.2 Å². The Labute approximate surface area is 188 Å². The molecule has 0 saturated carbocycles. The molecule has 1 aliphatic heterocycles. The Morgan fingerprint density at radius 2 is 1.94 bits per heavy atom. The molecule has 9 heteroatoms. The zero-order valence-electron chi connectivity index (χ0n) is 18.1. The third-order valence-electron chi connectivity index (χ3n) is 5.07. The van der Waals surface area contributed by atoms with E-state index in [0.29, 0.717) is 36.9 Å². The molecule has 0 fully saturated rings. The van der Waals surface area contributed by atoms with Crippen molar-refractivity contribution in [2.75, 3.05) is 25.0 Å². The maximum Gasteiger partial charge on any atom is 0.257 e. The van der Waals surface area contributed by atoms with Crippen molar-refractivity contribution in [3.63, 3.8) is 0 Å². The number of sulfonamides is 1. The number of nitrogens with one attached hydrogen (secondary N) is 1. The summed E-state index contributed by atoms with van der Waals surface area (Å²) in [6.45, 7) is 8.43. The van der Waals surface area contributed by atoms with Gasteiger partial charge >= 0.3 is 0 Å². The molecule has 1 unspecified atom stereocenters. The number of ether oxygens (including phenoxy) is 2. The molecule has 0 aliphatic carbocycles. The summed E-state index contributed by atoms with van der Waals surface area (Å²) in [6.07, 6.45) is 0.813. The number of nitrogens with zero attached hydrogens (tertiary/aromatic N) is 1. The smallest absolute Gasteiger partial charge is 0.257 e. The summed E-state index contributed by atoms with van der Waals surface area (Å²) in [4.78, 5) is 13.1. The van der Waals surface area contributed by atoms with Crippen molar-refractivity contribution in [3.05, 3.63) is 46.5 Å². The maximum atomic E-state index is 13.0. The minimum Gasteiger partial charge on any atom is -0.492 e. The lowest BCUT2D eigenvalue weighted by Gasteiger charge is -2.19. The number of carbonyl (C=O) groups is 1. The molecule has 3 rings (SSSR count). The van der Waals surface area contributed by atoms with Gasteiger partial charge in [-0.15, -0.1) is 0 Å². The molecule has 0 radical (unpaired) electrons. The highest BCUT2D eigenvalue weighted by molar-refractivity contribution is 7.89. The zero-order chi connectivity index (χ0) is 22.8. The highest BCUT2D eigenvalue weighted by Crippen LogP contribution is 2.38.